The van der Waals surface area contributed by atoms with Crippen molar-refractivity contribution in [1.29, 1.82) is 0 Å². The predicted molar refractivity (Wildman–Crippen MR) is 82.7 cm³/mol. The summed E-state index contributed by atoms with van der Waals surface area (Å²) in [5, 5.41) is 0. The number of benzene rings is 1. The van der Waals surface area contributed by atoms with Crippen LogP contribution < -0.4 is 15.8 Å². The molecule has 0 aliphatic carbocycles. The van der Waals surface area contributed by atoms with Gasteiger partial charge in [0.2, 0.25) is 5.91 Å². The number of anilines is 1. The Morgan fingerprint density at radius 3 is 2.81 bits per heavy atom. The van der Waals surface area contributed by atoms with Gasteiger partial charge in [-0.05, 0) is 30.9 Å². The van der Waals surface area contributed by atoms with Gasteiger partial charge in [0.05, 0.1) is 6.54 Å². The van der Waals surface area contributed by atoms with E-state index < -0.39 is 0 Å². The zero-order chi connectivity index (χ0) is 15.2. The van der Waals surface area contributed by atoms with Crippen LogP contribution >= 0.6 is 0 Å². The lowest BCUT2D eigenvalue weighted by molar-refractivity contribution is -0.130. The highest BCUT2D eigenvalue weighted by atomic mass is 16.2. The number of para-hydroxylation sites is 1. The van der Waals surface area contributed by atoms with Gasteiger partial charge in [-0.2, -0.15) is 0 Å². The first-order chi connectivity index (χ1) is 10.1. The van der Waals surface area contributed by atoms with Gasteiger partial charge in [-0.25, -0.2) is 0 Å². The summed E-state index contributed by atoms with van der Waals surface area (Å²) in [5.74, 6) is -0.436. The number of fused-ring (bicyclic) bond motifs is 1. The average molecular weight is 289 g/mol. The molecule has 21 heavy (non-hydrogen) atoms. The fourth-order valence-electron chi connectivity index (χ4n) is 2.43. The van der Waals surface area contributed by atoms with Gasteiger partial charge in [-0.1, -0.05) is 32.0 Å². The van der Waals surface area contributed by atoms with E-state index in [1.165, 1.54) is 5.56 Å². The summed E-state index contributed by atoms with van der Waals surface area (Å²) in [6.45, 7) is 4.90. The molecular weight excluding hydrogens is 266 g/mol. The van der Waals surface area contributed by atoms with Crippen molar-refractivity contribution in [2.45, 2.75) is 33.1 Å². The molecule has 0 bridgehead atoms. The monoisotopic (exact) mass is 289 g/mol. The first-order valence-corrected chi connectivity index (χ1v) is 7.53. The lowest BCUT2D eigenvalue weighted by Crippen LogP contribution is -2.48. The molecule has 5 heteroatoms. The molecule has 2 rings (SSSR count). The van der Waals surface area contributed by atoms with Crippen molar-refractivity contribution in [3.05, 3.63) is 29.8 Å². The van der Waals surface area contributed by atoms with E-state index in [0.717, 1.165) is 31.5 Å². The number of aryl methyl sites for hydroxylation is 1. The van der Waals surface area contributed by atoms with Crippen LogP contribution in [-0.2, 0) is 16.0 Å². The molecule has 0 radical (unpaired) electrons. The van der Waals surface area contributed by atoms with Crippen LogP contribution in [0.3, 0.4) is 0 Å². The van der Waals surface area contributed by atoms with Crippen LogP contribution in [0.25, 0.3) is 0 Å². The number of hydrogen-bond acceptors (Lipinski definition) is 3. The SMILES string of the molecule is CCC(C)C(=O)NNC(=O)CN1CCCc2ccccc21. The number of rotatable bonds is 4. The molecular formula is C16H23N3O2. The first kappa shape index (κ1) is 15.4. The van der Waals surface area contributed by atoms with E-state index in [9.17, 15) is 9.59 Å². The van der Waals surface area contributed by atoms with Crippen molar-refractivity contribution in [2.75, 3.05) is 18.0 Å². The minimum atomic E-state index is -0.191. The number of nitrogens with one attached hydrogen (secondary N) is 2. The summed E-state index contributed by atoms with van der Waals surface area (Å²) < 4.78 is 0. The fourth-order valence-corrected chi connectivity index (χ4v) is 2.43. The number of carbonyl (C=O) groups is 2. The topological polar surface area (TPSA) is 61.4 Å². The molecule has 2 N–H and O–H groups in total. The number of carbonyl (C=O) groups excluding carboxylic acids is 2. The highest BCUT2D eigenvalue weighted by molar-refractivity contribution is 5.85. The van der Waals surface area contributed by atoms with E-state index in [2.05, 4.69) is 21.8 Å². The molecule has 114 valence electrons. The fraction of sp³-hybridized carbons (Fsp3) is 0.500. The maximum Gasteiger partial charge on any atom is 0.257 e. The normalized spacial score (nSPS) is 15.0. The third-order valence-corrected chi connectivity index (χ3v) is 3.93. The Morgan fingerprint density at radius 2 is 2.05 bits per heavy atom. The summed E-state index contributed by atoms with van der Waals surface area (Å²) in [6.07, 6.45) is 2.85. The van der Waals surface area contributed by atoms with Gasteiger partial charge in [0.15, 0.2) is 0 Å². The number of amides is 2. The third kappa shape index (κ3) is 3.97. The molecule has 0 saturated carbocycles. The minimum absolute atomic E-state index is 0.0963. The molecule has 0 spiro atoms. The Morgan fingerprint density at radius 1 is 1.29 bits per heavy atom. The molecule has 1 heterocycles. The summed E-state index contributed by atoms with van der Waals surface area (Å²) in [7, 11) is 0. The predicted octanol–water partition coefficient (Wildman–Crippen LogP) is 1.63. The van der Waals surface area contributed by atoms with Gasteiger partial charge in [0, 0.05) is 18.2 Å². The minimum Gasteiger partial charge on any atom is -0.362 e. The van der Waals surface area contributed by atoms with E-state index in [0.29, 0.717) is 0 Å². The molecule has 5 nitrogen and oxygen atoms in total. The molecule has 1 aliphatic heterocycles. The molecule has 1 aromatic rings. The number of hydrogen-bond donors (Lipinski definition) is 2. The maximum atomic E-state index is 12.0. The quantitative estimate of drug-likeness (QED) is 0.828. The average Bonchev–Trinajstić information content (AvgIpc) is 2.52. The van der Waals surface area contributed by atoms with E-state index >= 15 is 0 Å². The van der Waals surface area contributed by atoms with E-state index in [4.69, 9.17) is 0 Å². The van der Waals surface area contributed by atoms with Crippen LogP contribution in [0.1, 0.15) is 32.3 Å². The van der Waals surface area contributed by atoms with Gasteiger partial charge in [-0.15, -0.1) is 0 Å². The zero-order valence-corrected chi connectivity index (χ0v) is 12.7. The van der Waals surface area contributed by atoms with E-state index in [-0.39, 0.29) is 24.3 Å². The highest BCUT2D eigenvalue weighted by Crippen LogP contribution is 2.26. The van der Waals surface area contributed by atoms with Crippen molar-refractivity contribution in [2.24, 2.45) is 5.92 Å². The first-order valence-electron chi connectivity index (χ1n) is 7.53. The van der Waals surface area contributed by atoms with Gasteiger partial charge >= 0.3 is 0 Å². The Hall–Kier alpha value is -2.04. The van der Waals surface area contributed by atoms with Crippen molar-refractivity contribution in [1.82, 2.24) is 10.9 Å². The standard InChI is InChI=1S/C16H23N3O2/c1-3-12(2)16(21)18-17-15(20)11-19-10-6-8-13-7-4-5-9-14(13)19/h4-5,7,9,12H,3,6,8,10-11H2,1-2H3,(H,17,20)(H,18,21). The van der Waals surface area contributed by atoms with Gasteiger partial charge in [0.1, 0.15) is 0 Å². The smallest absolute Gasteiger partial charge is 0.257 e. The largest absolute Gasteiger partial charge is 0.362 e. The second-order valence-corrected chi connectivity index (χ2v) is 5.50. The van der Waals surface area contributed by atoms with Gasteiger partial charge in [-0.3, -0.25) is 20.4 Å². The summed E-state index contributed by atoms with van der Waals surface area (Å²) in [5.41, 5.74) is 7.37. The molecule has 0 saturated heterocycles. The van der Waals surface area contributed by atoms with E-state index in [1.807, 2.05) is 32.0 Å². The molecule has 0 aromatic heterocycles. The summed E-state index contributed by atoms with van der Waals surface area (Å²) in [6, 6.07) is 8.15. The lowest BCUT2D eigenvalue weighted by atomic mass is 10.0. The third-order valence-electron chi connectivity index (χ3n) is 3.93. The van der Waals surface area contributed by atoms with Crippen molar-refractivity contribution >= 4 is 17.5 Å². The Bertz CT molecular complexity index is 516. The Labute approximate surface area is 125 Å². The van der Waals surface area contributed by atoms with E-state index in [1.54, 1.807) is 0 Å². The molecule has 1 aromatic carbocycles. The molecule has 0 fully saturated rings. The number of nitrogens with zero attached hydrogens (tertiary/aromatic N) is 1. The van der Waals surface area contributed by atoms with Crippen LogP contribution in [0, 0.1) is 5.92 Å². The van der Waals surface area contributed by atoms with Gasteiger partial charge in [0.25, 0.3) is 5.91 Å². The van der Waals surface area contributed by atoms with Crippen molar-refractivity contribution in [3.63, 3.8) is 0 Å². The number of hydrazine groups is 1. The molecule has 1 unspecified atom stereocenters. The van der Waals surface area contributed by atoms with Crippen LogP contribution in [0.4, 0.5) is 5.69 Å². The molecule has 2 amide bonds. The highest BCUT2D eigenvalue weighted by Gasteiger charge is 2.19. The van der Waals surface area contributed by atoms with Crippen LogP contribution in [0.15, 0.2) is 24.3 Å². The zero-order valence-electron chi connectivity index (χ0n) is 12.7. The summed E-state index contributed by atoms with van der Waals surface area (Å²) in [4.78, 5) is 25.7. The van der Waals surface area contributed by atoms with Crippen LogP contribution in [0.2, 0.25) is 0 Å². The lowest BCUT2D eigenvalue weighted by Gasteiger charge is -2.30. The van der Waals surface area contributed by atoms with Crippen molar-refractivity contribution in [3.8, 4) is 0 Å². The van der Waals surface area contributed by atoms with Crippen LogP contribution in [0.5, 0.6) is 0 Å². The van der Waals surface area contributed by atoms with Crippen molar-refractivity contribution < 1.29 is 9.59 Å². The Kier molecular flexibility index (Phi) is 5.20. The van der Waals surface area contributed by atoms with Crippen LogP contribution in [-0.4, -0.2) is 24.9 Å². The molecule has 1 atom stereocenters. The Balaban J connectivity index is 1.88. The molecule has 1 aliphatic rings. The second kappa shape index (κ2) is 7.11. The second-order valence-electron chi connectivity index (χ2n) is 5.50. The van der Waals surface area contributed by atoms with Gasteiger partial charge < -0.3 is 4.90 Å². The maximum absolute atomic E-state index is 12.0. The summed E-state index contributed by atoms with van der Waals surface area (Å²) >= 11 is 0.